The Kier molecular flexibility index (Phi) is 5.62. The molecule has 0 unspecified atom stereocenters. The fraction of sp³-hybridized carbons (Fsp3) is 0.133. The predicted octanol–water partition coefficient (Wildman–Crippen LogP) is 4.87. The number of hydrogen-bond donors (Lipinski definition) is 1. The van der Waals surface area contributed by atoms with Crippen molar-refractivity contribution in [3.8, 4) is 0 Å². The van der Waals surface area contributed by atoms with Gasteiger partial charge in [-0.05, 0) is 42.3 Å². The topological polar surface area (TPSA) is 29.1 Å². The summed E-state index contributed by atoms with van der Waals surface area (Å²) in [5, 5.41) is 3.77. The van der Waals surface area contributed by atoms with Gasteiger partial charge >= 0.3 is 0 Å². The van der Waals surface area contributed by atoms with Crippen LogP contribution in [0.15, 0.2) is 40.9 Å². The van der Waals surface area contributed by atoms with Crippen molar-refractivity contribution < 1.29 is 9.18 Å². The van der Waals surface area contributed by atoms with Crippen molar-refractivity contribution in [3.05, 3.63) is 67.9 Å². The second-order valence-electron chi connectivity index (χ2n) is 4.37. The predicted molar refractivity (Wildman–Crippen MR) is 86.6 cm³/mol. The number of halogens is 4. The summed E-state index contributed by atoms with van der Waals surface area (Å²) in [7, 11) is 0. The van der Waals surface area contributed by atoms with Crippen LogP contribution in [-0.4, -0.2) is 12.5 Å². The molecule has 0 aliphatic rings. The molecule has 0 atom stereocenters. The minimum atomic E-state index is -0.555. The van der Waals surface area contributed by atoms with Crippen LogP contribution in [0, 0.1) is 5.82 Å². The van der Waals surface area contributed by atoms with Gasteiger partial charge in [-0.25, -0.2) is 4.39 Å². The molecule has 21 heavy (non-hydrogen) atoms. The summed E-state index contributed by atoms with van der Waals surface area (Å²) in [4.78, 5) is 11.9. The summed E-state index contributed by atoms with van der Waals surface area (Å²) in [6.07, 6.45) is 0.539. The zero-order valence-corrected chi connectivity index (χ0v) is 13.9. The SMILES string of the molecule is O=C(NCCc1ccc(Cl)cc1Cl)c1cc(Br)ccc1F. The molecule has 0 fully saturated rings. The molecule has 2 rings (SSSR count). The molecule has 0 aromatic heterocycles. The standard InChI is InChI=1S/C15H11BrCl2FNO/c16-10-2-4-14(19)12(7-10)15(21)20-6-5-9-1-3-11(17)8-13(9)18/h1-4,7-8H,5-6H2,(H,20,21). The van der Waals surface area contributed by atoms with Gasteiger partial charge in [-0.1, -0.05) is 45.2 Å². The lowest BCUT2D eigenvalue weighted by molar-refractivity contribution is 0.0950. The van der Waals surface area contributed by atoms with Crippen LogP contribution in [0.4, 0.5) is 4.39 Å². The highest BCUT2D eigenvalue weighted by Gasteiger charge is 2.11. The van der Waals surface area contributed by atoms with Crippen molar-refractivity contribution in [1.82, 2.24) is 5.32 Å². The Morgan fingerprint density at radius 2 is 1.95 bits per heavy atom. The van der Waals surface area contributed by atoms with Crippen molar-refractivity contribution in [1.29, 1.82) is 0 Å². The summed E-state index contributed by atoms with van der Waals surface area (Å²) < 4.78 is 14.2. The lowest BCUT2D eigenvalue weighted by atomic mass is 10.1. The average Bonchev–Trinajstić information content (AvgIpc) is 2.43. The first-order valence-electron chi connectivity index (χ1n) is 6.14. The molecule has 1 N–H and O–H groups in total. The van der Waals surface area contributed by atoms with Crippen molar-refractivity contribution in [2.75, 3.05) is 6.54 Å². The van der Waals surface area contributed by atoms with E-state index in [-0.39, 0.29) is 5.56 Å². The fourth-order valence-corrected chi connectivity index (χ4v) is 2.67. The first-order valence-corrected chi connectivity index (χ1v) is 7.69. The van der Waals surface area contributed by atoms with Gasteiger partial charge in [0.15, 0.2) is 0 Å². The highest BCUT2D eigenvalue weighted by molar-refractivity contribution is 9.10. The highest BCUT2D eigenvalue weighted by Crippen LogP contribution is 2.21. The molecule has 1 amide bonds. The van der Waals surface area contributed by atoms with Crippen molar-refractivity contribution in [2.24, 2.45) is 0 Å². The van der Waals surface area contributed by atoms with Crippen LogP contribution in [-0.2, 0) is 6.42 Å². The van der Waals surface area contributed by atoms with E-state index < -0.39 is 11.7 Å². The van der Waals surface area contributed by atoms with E-state index in [0.29, 0.717) is 27.5 Å². The zero-order valence-electron chi connectivity index (χ0n) is 10.8. The lowest BCUT2D eigenvalue weighted by Crippen LogP contribution is -2.26. The monoisotopic (exact) mass is 389 g/mol. The van der Waals surface area contributed by atoms with E-state index >= 15 is 0 Å². The summed E-state index contributed by atoms with van der Waals surface area (Å²) in [5.41, 5.74) is 0.877. The number of hydrogen-bond acceptors (Lipinski definition) is 1. The Balaban J connectivity index is 1.97. The summed E-state index contributed by atoms with van der Waals surface area (Å²) in [6, 6.07) is 9.41. The van der Waals surface area contributed by atoms with Crippen LogP contribution in [0.25, 0.3) is 0 Å². The molecule has 2 aromatic carbocycles. The van der Waals surface area contributed by atoms with E-state index in [4.69, 9.17) is 23.2 Å². The zero-order chi connectivity index (χ0) is 15.4. The van der Waals surface area contributed by atoms with Crippen molar-refractivity contribution in [2.45, 2.75) is 6.42 Å². The maximum atomic E-state index is 13.6. The Labute approximate surface area is 140 Å². The Morgan fingerprint density at radius 3 is 2.67 bits per heavy atom. The summed E-state index contributed by atoms with van der Waals surface area (Å²) >= 11 is 15.1. The van der Waals surface area contributed by atoms with E-state index in [1.54, 1.807) is 24.3 Å². The van der Waals surface area contributed by atoms with E-state index in [2.05, 4.69) is 21.2 Å². The summed E-state index contributed by atoms with van der Waals surface area (Å²) in [5.74, 6) is -1.01. The third-order valence-corrected chi connectivity index (χ3v) is 3.95. The van der Waals surface area contributed by atoms with Gasteiger partial charge in [0.05, 0.1) is 5.56 Å². The average molecular weight is 391 g/mol. The van der Waals surface area contributed by atoms with E-state index in [9.17, 15) is 9.18 Å². The van der Waals surface area contributed by atoms with Crippen LogP contribution < -0.4 is 5.32 Å². The van der Waals surface area contributed by atoms with Gasteiger partial charge in [0.1, 0.15) is 5.82 Å². The molecular formula is C15H11BrCl2FNO. The Bertz CT molecular complexity index is 679. The molecular weight excluding hydrogens is 380 g/mol. The van der Waals surface area contributed by atoms with E-state index in [0.717, 1.165) is 5.56 Å². The minimum Gasteiger partial charge on any atom is -0.352 e. The second kappa shape index (κ2) is 7.25. The summed E-state index contributed by atoms with van der Waals surface area (Å²) in [6.45, 7) is 0.353. The quantitative estimate of drug-likeness (QED) is 0.792. The molecule has 110 valence electrons. The Morgan fingerprint density at radius 1 is 1.19 bits per heavy atom. The van der Waals surface area contributed by atoms with Crippen LogP contribution in [0.3, 0.4) is 0 Å². The largest absolute Gasteiger partial charge is 0.352 e. The smallest absolute Gasteiger partial charge is 0.254 e. The van der Waals surface area contributed by atoms with Gasteiger partial charge in [0.2, 0.25) is 0 Å². The van der Waals surface area contributed by atoms with Crippen molar-refractivity contribution >= 4 is 45.0 Å². The number of rotatable bonds is 4. The number of amides is 1. The molecule has 0 heterocycles. The fourth-order valence-electron chi connectivity index (χ4n) is 1.80. The van der Waals surface area contributed by atoms with Gasteiger partial charge in [0, 0.05) is 21.1 Å². The minimum absolute atomic E-state index is 0.00609. The van der Waals surface area contributed by atoms with Gasteiger partial charge in [0.25, 0.3) is 5.91 Å². The molecule has 0 aliphatic heterocycles. The van der Waals surface area contributed by atoms with Gasteiger partial charge < -0.3 is 5.32 Å². The number of nitrogens with one attached hydrogen (secondary N) is 1. The molecule has 0 saturated heterocycles. The van der Waals surface area contributed by atoms with Crippen molar-refractivity contribution in [3.63, 3.8) is 0 Å². The number of carbonyl (C=O) groups is 1. The van der Waals surface area contributed by atoms with Gasteiger partial charge in [-0.15, -0.1) is 0 Å². The maximum Gasteiger partial charge on any atom is 0.254 e. The molecule has 0 spiro atoms. The first-order chi connectivity index (χ1) is 9.97. The molecule has 0 aliphatic carbocycles. The second-order valence-corrected chi connectivity index (χ2v) is 6.13. The van der Waals surface area contributed by atoms with Crippen LogP contribution in [0.1, 0.15) is 15.9 Å². The van der Waals surface area contributed by atoms with E-state index in [1.165, 1.54) is 12.1 Å². The molecule has 6 heteroatoms. The highest BCUT2D eigenvalue weighted by atomic mass is 79.9. The lowest BCUT2D eigenvalue weighted by Gasteiger charge is -2.08. The molecule has 0 saturated carbocycles. The van der Waals surface area contributed by atoms with Crippen LogP contribution >= 0.6 is 39.1 Å². The number of benzene rings is 2. The molecule has 2 nitrogen and oxygen atoms in total. The number of carbonyl (C=O) groups excluding carboxylic acids is 1. The third-order valence-electron chi connectivity index (χ3n) is 2.87. The van der Waals surface area contributed by atoms with Gasteiger partial charge in [-0.3, -0.25) is 4.79 Å². The van der Waals surface area contributed by atoms with Crippen LogP contribution in [0.5, 0.6) is 0 Å². The normalized spacial score (nSPS) is 10.5. The first kappa shape index (κ1) is 16.3. The van der Waals surface area contributed by atoms with Crippen LogP contribution in [0.2, 0.25) is 10.0 Å². The molecule has 0 radical (unpaired) electrons. The maximum absolute atomic E-state index is 13.6. The van der Waals surface area contributed by atoms with E-state index in [1.807, 2.05) is 0 Å². The molecule has 2 aromatic rings. The third kappa shape index (κ3) is 4.43. The van der Waals surface area contributed by atoms with Gasteiger partial charge in [-0.2, -0.15) is 0 Å². The molecule has 0 bridgehead atoms. The Hall–Kier alpha value is -1.10.